The molecule has 1 aromatic heterocycles. The molecule has 1 heterocycles. The Kier molecular flexibility index (Phi) is 4.98. The topological polar surface area (TPSA) is 69.6 Å². The highest BCUT2D eigenvalue weighted by atomic mass is 79.9. The third-order valence-corrected chi connectivity index (χ3v) is 4.72. The van der Waals surface area contributed by atoms with Gasteiger partial charge in [0.05, 0.1) is 6.04 Å². The lowest BCUT2D eigenvalue weighted by Gasteiger charge is -2.22. The number of tetrazole rings is 1. The summed E-state index contributed by atoms with van der Waals surface area (Å²) < 4.78 is 2.86. The molecule has 0 aliphatic rings. The predicted octanol–water partition coefficient (Wildman–Crippen LogP) is 3.99. The molecule has 5 nitrogen and oxygen atoms in total. The molecule has 0 saturated heterocycles. The Morgan fingerprint density at radius 2 is 1.95 bits per heavy atom. The molecule has 2 rings (SSSR count). The highest BCUT2D eigenvalue weighted by Gasteiger charge is 2.22. The van der Waals surface area contributed by atoms with Gasteiger partial charge in [-0.2, -0.15) is 0 Å². The lowest BCUT2D eigenvalue weighted by Crippen LogP contribution is -2.18. The van der Waals surface area contributed by atoms with E-state index >= 15 is 0 Å². The van der Waals surface area contributed by atoms with Crippen LogP contribution in [0.2, 0.25) is 0 Å². The first-order valence-corrected chi connectivity index (χ1v) is 8.12. The fourth-order valence-electron chi connectivity index (χ4n) is 2.75. The third kappa shape index (κ3) is 3.10. The molecule has 1 unspecified atom stereocenters. The molecule has 21 heavy (non-hydrogen) atoms. The molecule has 1 atom stereocenters. The second-order valence-corrected chi connectivity index (χ2v) is 6.35. The van der Waals surface area contributed by atoms with E-state index in [0.29, 0.717) is 5.92 Å². The number of nitrogen functional groups attached to an aromatic ring is 1. The molecule has 2 N–H and O–H groups in total. The lowest BCUT2D eigenvalue weighted by molar-refractivity contribution is 0.309. The monoisotopic (exact) mass is 351 g/mol. The molecule has 1 aromatic carbocycles. The molecule has 6 heteroatoms. The van der Waals surface area contributed by atoms with Gasteiger partial charge in [0.15, 0.2) is 5.82 Å². The molecular formula is C15H22BrN5. The first-order chi connectivity index (χ1) is 9.99. The van der Waals surface area contributed by atoms with Crippen molar-refractivity contribution in [3.63, 3.8) is 0 Å². The fourth-order valence-corrected chi connectivity index (χ4v) is 3.22. The van der Waals surface area contributed by atoms with E-state index < -0.39 is 0 Å². The molecule has 2 aromatic rings. The van der Waals surface area contributed by atoms with E-state index in [1.807, 2.05) is 23.7 Å². The van der Waals surface area contributed by atoms with Crippen molar-refractivity contribution in [2.24, 2.45) is 5.92 Å². The van der Waals surface area contributed by atoms with Crippen LogP contribution in [0.25, 0.3) is 11.4 Å². The van der Waals surface area contributed by atoms with E-state index in [9.17, 15) is 0 Å². The van der Waals surface area contributed by atoms with Crippen molar-refractivity contribution >= 4 is 21.6 Å². The van der Waals surface area contributed by atoms with Crippen LogP contribution in [0.15, 0.2) is 16.6 Å². The second-order valence-electron chi connectivity index (χ2n) is 5.43. The van der Waals surface area contributed by atoms with Gasteiger partial charge in [0.1, 0.15) is 0 Å². The summed E-state index contributed by atoms with van der Waals surface area (Å²) in [6.45, 7) is 8.58. The molecule has 0 radical (unpaired) electrons. The number of hydrogen-bond donors (Lipinski definition) is 1. The van der Waals surface area contributed by atoms with Gasteiger partial charge in [-0.1, -0.05) is 42.6 Å². The van der Waals surface area contributed by atoms with E-state index in [0.717, 1.165) is 40.0 Å². The van der Waals surface area contributed by atoms with Crippen LogP contribution in [0.5, 0.6) is 0 Å². The summed E-state index contributed by atoms with van der Waals surface area (Å²) in [7, 11) is 0. The Bertz CT molecular complexity index is 619. The number of halogens is 1. The molecule has 0 spiro atoms. The maximum absolute atomic E-state index is 6.06. The zero-order valence-electron chi connectivity index (χ0n) is 13.0. The van der Waals surface area contributed by atoms with Gasteiger partial charge in [0, 0.05) is 15.7 Å². The van der Waals surface area contributed by atoms with Crippen LogP contribution in [-0.4, -0.2) is 20.2 Å². The Morgan fingerprint density at radius 3 is 2.57 bits per heavy atom. The van der Waals surface area contributed by atoms with Gasteiger partial charge < -0.3 is 5.73 Å². The summed E-state index contributed by atoms with van der Waals surface area (Å²) in [4.78, 5) is 0. The number of aromatic nitrogens is 4. The largest absolute Gasteiger partial charge is 0.398 e. The SMILES string of the molecule is CCC(CC)C(C)n1nnnc1-c1cc(Br)cc(N)c1C. The standard InChI is InChI=1S/C15H22BrN5/c1-5-11(6-2)10(4)21-15(18-19-20-21)13-7-12(16)8-14(17)9(13)3/h7-8,10-11H,5-6,17H2,1-4H3. The molecule has 114 valence electrons. The van der Waals surface area contributed by atoms with Crippen molar-refractivity contribution < 1.29 is 0 Å². The first-order valence-electron chi connectivity index (χ1n) is 7.33. The van der Waals surface area contributed by atoms with Crippen molar-refractivity contribution in [2.75, 3.05) is 5.73 Å². The fraction of sp³-hybridized carbons (Fsp3) is 0.533. The molecule has 0 fully saturated rings. The van der Waals surface area contributed by atoms with Crippen LogP contribution in [0.3, 0.4) is 0 Å². The van der Waals surface area contributed by atoms with Gasteiger partial charge in [-0.3, -0.25) is 0 Å². The van der Waals surface area contributed by atoms with Gasteiger partial charge in [0.25, 0.3) is 0 Å². The summed E-state index contributed by atoms with van der Waals surface area (Å²) >= 11 is 3.49. The minimum atomic E-state index is 0.254. The molecule has 0 aliphatic heterocycles. The molecular weight excluding hydrogens is 330 g/mol. The predicted molar refractivity (Wildman–Crippen MR) is 88.9 cm³/mol. The van der Waals surface area contributed by atoms with E-state index in [1.54, 1.807) is 0 Å². The van der Waals surface area contributed by atoms with Crippen molar-refractivity contribution in [1.29, 1.82) is 0 Å². The Balaban J connectivity index is 2.51. The van der Waals surface area contributed by atoms with Crippen molar-refractivity contribution in [3.05, 3.63) is 22.2 Å². The van der Waals surface area contributed by atoms with Crippen LogP contribution in [0, 0.1) is 12.8 Å². The summed E-state index contributed by atoms with van der Waals surface area (Å²) in [5, 5.41) is 12.3. The summed E-state index contributed by atoms with van der Waals surface area (Å²) in [6.07, 6.45) is 2.22. The quantitative estimate of drug-likeness (QED) is 0.826. The van der Waals surface area contributed by atoms with Crippen LogP contribution >= 0.6 is 15.9 Å². The van der Waals surface area contributed by atoms with Crippen molar-refractivity contribution in [1.82, 2.24) is 20.2 Å². The van der Waals surface area contributed by atoms with E-state index in [1.165, 1.54) is 0 Å². The average Bonchev–Trinajstić information content (AvgIpc) is 2.93. The first kappa shape index (κ1) is 15.9. The number of rotatable bonds is 5. The van der Waals surface area contributed by atoms with E-state index in [-0.39, 0.29) is 6.04 Å². The van der Waals surface area contributed by atoms with Crippen LogP contribution in [-0.2, 0) is 0 Å². The Labute approximate surface area is 134 Å². The summed E-state index contributed by atoms with van der Waals surface area (Å²) in [5.74, 6) is 1.33. The lowest BCUT2D eigenvalue weighted by atomic mass is 9.95. The van der Waals surface area contributed by atoms with E-state index in [2.05, 4.69) is 52.2 Å². The van der Waals surface area contributed by atoms with Crippen molar-refractivity contribution in [3.8, 4) is 11.4 Å². The van der Waals surface area contributed by atoms with E-state index in [4.69, 9.17) is 5.73 Å². The minimum absolute atomic E-state index is 0.254. The average molecular weight is 352 g/mol. The molecule has 0 saturated carbocycles. The van der Waals surface area contributed by atoms with Gasteiger partial charge >= 0.3 is 0 Å². The zero-order chi connectivity index (χ0) is 15.6. The molecule has 0 aliphatic carbocycles. The van der Waals surface area contributed by atoms with Gasteiger partial charge in [0.2, 0.25) is 0 Å². The van der Waals surface area contributed by atoms with Crippen molar-refractivity contribution in [2.45, 2.75) is 46.6 Å². The smallest absolute Gasteiger partial charge is 0.182 e. The third-order valence-electron chi connectivity index (χ3n) is 4.26. The summed E-state index contributed by atoms with van der Waals surface area (Å²) in [5.41, 5.74) is 8.78. The number of nitrogens with two attached hydrogens (primary N) is 1. The van der Waals surface area contributed by atoms with Crippen LogP contribution in [0.1, 0.15) is 45.2 Å². The Morgan fingerprint density at radius 1 is 1.29 bits per heavy atom. The van der Waals surface area contributed by atoms with Gasteiger partial charge in [-0.25, -0.2) is 4.68 Å². The highest BCUT2D eigenvalue weighted by Crippen LogP contribution is 2.32. The number of benzene rings is 1. The van der Waals surface area contributed by atoms with Gasteiger partial charge in [-0.15, -0.1) is 5.10 Å². The molecule has 0 bridgehead atoms. The summed E-state index contributed by atoms with van der Waals surface area (Å²) in [6, 6.07) is 4.18. The Hall–Kier alpha value is -1.43. The molecule has 0 amide bonds. The van der Waals surface area contributed by atoms with Gasteiger partial charge in [-0.05, 0) is 47.9 Å². The maximum Gasteiger partial charge on any atom is 0.182 e. The minimum Gasteiger partial charge on any atom is -0.398 e. The highest BCUT2D eigenvalue weighted by molar-refractivity contribution is 9.10. The second kappa shape index (κ2) is 6.56. The zero-order valence-corrected chi connectivity index (χ0v) is 14.6. The normalized spacial score (nSPS) is 12.9. The number of anilines is 1. The van der Waals surface area contributed by atoms with Crippen LogP contribution < -0.4 is 5.73 Å². The maximum atomic E-state index is 6.06. The van der Waals surface area contributed by atoms with Crippen LogP contribution in [0.4, 0.5) is 5.69 Å². The number of nitrogens with zero attached hydrogens (tertiary/aromatic N) is 4. The number of hydrogen-bond acceptors (Lipinski definition) is 4.